The van der Waals surface area contributed by atoms with Crippen molar-refractivity contribution >= 4 is 0 Å². The van der Waals surface area contributed by atoms with Crippen LogP contribution in [-0.4, -0.2) is 25.8 Å². The molecule has 0 aliphatic heterocycles. The molecule has 0 radical (unpaired) electrons. The molecule has 0 spiro atoms. The van der Waals surface area contributed by atoms with Crippen LogP contribution in [0, 0.1) is 11.8 Å². The summed E-state index contributed by atoms with van der Waals surface area (Å²) in [5, 5.41) is 2.20. The Morgan fingerprint density at radius 1 is 1.06 bits per heavy atom. The van der Waals surface area contributed by atoms with E-state index in [2.05, 4.69) is 37.9 Å². The fraction of sp³-hybridized carbons (Fsp3) is 0.467. The highest BCUT2D eigenvalue weighted by molar-refractivity contribution is 5.31. The Kier molecular flexibility index (Phi) is 5.54. The first-order valence-corrected chi connectivity index (χ1v) is 6.08. The average Bonchev–Trinajstić information content (AvgIpc) is 2.33. The monoisotopic (exact) mass is 248 g/mol. The van der Waals surface area contributed by atoms with Crippen molar-refractivity contribution < 1.29 is 14.8 Å². The third kappa shape index (κ3) is 6.17. The van der Waals surface area contributed by atoms with Gasteiger partial charge < -0.3 is 14.8 Å². The summed E-state index contributed by atoms with van der Waals surface area (Å²) >= 11 is 0. The highest BCUT2D eigenvalue weighted by atomic mass is 16.5. The molecule has 0 aliphatic carbocycles. The summed E-state index contributed by atoms with van der Waals surface area (Å²) in [6.07, 6.45) is 0. The first-order valence-electron chi connectivity index (χ1n) is 6.08. The van der Waals surface area contributed by atoms with Crippen LogP contribution in [0.25, 0.3) is 0 Å². The summed E-state index contributed by atoms with van der Waals surface area (Å²) in [6, 6.07) is 7.50. The molecule has 0 atom stereocenters. The van der Waals surface area contributed by atoms with E-state index in [9.17, 15) is 0 Å². The molecule has 1 rings (SSSR count). The van der Waals surface area contributed by atoms with E-state index in [4.69, 9.17) is 9.47 Å². The molecule has 1 aromatic carbocycles. The second kappa shape index (κ2) is 6.93. The third-order valence-electron chi connectivity index (χ3n) is 2.31. The minimum atomic E-state index is 0.228. The van der Waals surface area contributed by atoms with Crippen molar-refractivity contribution in [3.05, 3.63) is 24.3 Å². The van der Waals surface area contributed by atoms with Gasteiger partial charge in [-0.2, -0.15) is 0 Å². The van der Waals surface area contributed by atoms with E-state index in [0.717, 1.165) is 18.0 Å². The van der Waals surface area contributed by atoms with Crippen LogP contribution in [0.15, 0.2) is 24.3 Å². The minimum absolute atomic E-state index is 0.228. The van der Waals surface area contributed by atoms with Gasteiger partial charge in [-0.05, 0) is 51.0 Å². The standard InChI is InChI=1S/C15H21NO2/c1-15(2,3)16-11-5-6-12-18-14-9-7-13(17-4)8-10-14/h7-10,16H,11-12H2,1-4H3/p+1. The van der Waals surface area contributed by atoms with E-state index in [1.165, 1.54) is 0 Å². The molecule has 1 aromatic rings. The van der Waals surface area contributed by atoms with E-state index in [0.29, 0.717) is 6.61 Å². The third-order valence-corrected chi connectivity index (χ3v) is 2.31. The van der Waals surface area contributed by atoms with Gasteiger partial charge in [0.2, 0.25) is 0 Å². The van der Waals surface area contributed by atoms with Crippen molar-refractivity contribution in [3.63, 3.8) is 0 Å². The largest absolute Gasteiger partial charge is 0.497 e. The van der Waals surface area contributed by atoms with Gasteiger partial charge in [-0.25, -0.2) is 0 Å². The van der Waals surface area contributed by atoms with E-state index >= 15 is 0 Å². The van der Waals surface area contributed by atoms with Crippen molar-refractivity contribution in [1.82, 2.24) is 0 Å². The normalized spacial score (nSPS) is 10.4. The molecule has 0 bridgehead atoms. The molecule has 0 fully saturated rings. The lowest BCUT2D eigenvalue weighted by atomic mass is 10.1. The van der Waals surface area contributed by atoms with Crippen LogP contribution in [0.4, 0.5) is 0 Å². The number of rotatable bonds is 4. The van der Waals surface area contributed by atoms with Crippen LogP contribution in [0.5, 0.6) is 11.5 Å². The van der Waals surface area contributed by atoms with E-state index in [1.807, 2.05) is 24.3 Å². The van der Waals surface area contributed by atoms with Gasteiger partial charge in [0, 0.05) is 0 Å². The second-order valence-corrected chi connectivity index (χ2v) is 5.09. The molecular formula is C15H22NO2+. The summed E-state index contributed by atoms with van der Waals surface area (Å²) in [5.41, 5.74) is 0.228. The van der Waals surface area contributed by atoms with Gasteiger partial charge in [-0.1, -0.05) is 5.92 Å². The topological polar surface area (TPSA) is 35.1 Å². The summed E-state index contributed by atoms with van der Waals surface area (Å²) in [5.74, 6) is 7.72. The van der Waals surface area contributed by atoms with Crippen molar-refractivity contribution in [2.24, 2.45) is 0 Å². The van der Waals surface area contributed by atoms with Crippen molar-refractivity contribution in [2.75, 3.05) is 20.3 Å². The SMILES string of the molecule is COc1ccc(OCC#CC[NH2+]C(C)(C)C)cc1. The predicted octanol–water partition coefficient (Wildman–Crippen LogP) is 1.44. The Bertz CT molecular complexity index is 407. The van der Waals surface area contributed by atoms with Crippen molar-refractivity contribution in [2.45, 2.75) is 26.3 Å². The minimum Gasteiger partial charge on any atom is -0.497 e. The number of quaternary nitrogens is 1. The molecule has 0 saturated carbocycles. The fourth-order valence-electron chi connectivity index (χ4n) is 1.27. The molecule has 0 amide bonds. The molecular weight excluding hydrogens is 226 g/mol. The van der Waals surface area contributed by atoms with Crippen LogP contribution in [0.3, 0.4) is 0 Å². The van der Waals surface area contributed by atoms with Gasteiger partial charge in [-0.3, -0.25) is 0 Å². The molecule has 2 N–H and O–H groups in total. The summed E-state index contributed by atoms with van der Waals surface area (Å²) in [4.78, 5) is 0. The summed E-state index contributed by atoms with van der Waals surface area (Å²) < 4.78 is 10.6. The lowest BCUT2D eigenvalue weighted by Crippen LogP contribution is -2.94. The fourth-order valence-corrected chi connectivity index (χ4v) is 1.27. The number of benzene rings is 1. The zero-order chi connectivity index (χ0) is 13.4. The second-order valence-electron chi connectivity index (χ2n) is 5.09. The van der Waals surface area contributed by atoms with Gasteiger partial charge in [0.1, 0.15) is 24.7 Å². The van der Waals surface area contributed by atoms with Crippen LogP contribution in [-0.2, 0) is 0 Å². The smallest absolute Gasteiger partial charge is 0.149 e. The van der Waals surface area contributed by atoms with Gasteiger partial charge in [0.15, 0.2) is 0 Å². The number of hydrogen-bond donors (Lipinski definition) is 1. The molecule has 3 heteroatoms. The maximum atomic E-state index is 5.49. The molecule has 98 valence electrons. The molecule has 18 heavy (non-hydrogen) atoms. The van der Waals surface area contributed by atoms with Crippen LogP contribution < -0.4 is 14.8 Å². The summed E-state index contributed by atoms with van der Waals surface area (Å²) in [6.45, 7) is 7.73. The van der Waals surface area contributed by atoms with Gasteiger partial charge in [0.25, 0.3) is 0 Å². The van der Waals surface area contributed by atoms with E-state index in [-0.39, 0.29) is 5.54 Å². The molecule has 0 aliphatic rings. The number of ether oxygens (including phenoxy) is 2. The van der Waals surface area contributed by atoms with Gasteiger partial charge in [0.05, 0.1) is 12.6 Å². The zero-order valence-electron chi connectivity index (χ0n) is 11.6. The van der Waals surface area contributed by atoms with Crippen LogP contribution in [0.1, 0.15) is 20.8 Å². The first kappa shape index (κ1) is 14.4. The quantitative estimate of drug-likeness (QED) is 0.818. The molecule has 0 heterocycles. The first-order chi connectivity index (χ1) is 8.51. The Morgan fingerprint density at radius 3 is 2.22 bits per heavy atom. The summed E-state index contributed by atoms with van der Waals surface area (Å²) in [7, 11) is 1.65. The molecule has 0 aromatic heterocycles. The van der Waals surface area contributed by atoms with Crippen molar-refractivity contribution in [1.29, 1.82) is 0 Å². The maximum Gasteiger partial charge on any atom is 0.149 e. The highest BCUT2D eigenvalue weighted by Crippen LogP contribution is 2.16. The van der Waals surface area contributed by atoms with Crippen LogP contribution in [0.2, 0.25) is 0 Å². The average molecular weight is 248 g/mol. The van der Waals surface area contributed by atoms with Crippen molar-refractivity contribution in [3.8, 4) is 23.3 Å². The predicted molar refractivity (Wildman–Crippen MR) is 72.8 cm³/mol. The van der Waals surface area contributed by atoms with Gasteiger partial charge >= 0.3 is 0 Å². The Morgan fingerprint density at radius 2 is 1.67 bits per heavy atom. The number of methoxy groups -OCH3 is 1. The number of nitrogens with two attached hydrogens (primary N) is 1. The lowest BCUT2D eigenvalue weighted by molar-refractivity contribution is -0.707. The maximum absolute atomic E-state index is 5.49. The van der Waals surface area contributed by atoms with Gasteiger partial charge in [-0.15, -0.1) is 0 Å². The lowest BCUT2D eigenvalue weighted by Gasteiger charge is -2.14. The number of hydrogen-bond acceptors (Lipinski definition) is 2. The van der Waals surface area contributed by atoms with Crippen LogP contribution >= 0.6 is 0 Å². The van der Waals surface area contributed by atoms with E-state index < -0.39 is 0 Å². The molecule has 0 saturated heterocycles. The van der Waals surface area contributed by atoms with E-state index in [1.54, 1.807) is 7.11 Å². The Hall–Kier alpha value is -1.66. The molecule has 0 unspecified atom stereocenters. The molecule has 3 nitrogen and oxygen atoms in total. The highest BCUT2D eigenvalue weighted by Gasteiger charge is 2.10. The zero-order valence-corrected chi connectivity index (χ0v) is 11.6. The Labute approximate surface area is 109 Å². The Balaban J connectivity index is 2.27.